The molecule has 10 heteroatoms. The number of hydrogen-bond acceptors (Lipinski definition) is 8. The molecule has 34 heavy (non-hydrogen) atoms. The van der Waals surface area contributed by atoms with Crippen molar-refractivity contribution in [1.29, 1.82) is 0 Å². The summed E-state index contributed by atoms with van der Waals surface area (Å²) in [6.07, 6.45) is 4.30. The standard InChI is InChI=1S/C24H30N6O4/c1-15-4-6-29(7-5-15)22(23-26-27-28-30(23)14-17-3-2-8-32-17)18-11-16-12-20-21(34-10-9-33-20)13-19(16)25-24(18)31/h11-13,15,17,22H,2-10,14H2,1H3,(H,25,31)/t17-,22+/m0/s1. The van der Waals surface area contributed by atoms with Gasteiger partial charge in [-0.05, 0) is 67.3 Å². The van der Waals surface area contributed by atoms with E-state index < -0.39 is 0 Å². The van der Waals surface area contributed by atoms with Gasteiger partial charge < -0.3 is 19.2 Å². The lowest BCUT2D eigenvalue weighted by Crippen LogP contribution is -2.40. The monoisotopic (exact) mass is 466 g/mol. The van der Waals surface area contributed by atoms with E-state index in [0.717, 1.165) is 56.3 Å². The van der Waals surface area contributed by atoms with E-state index in [4.69, 9.17) is 14.2 Å². The minimum atomic E-state index is -0.342. The Balaban J connectivity index is 1.43. The Bertz CT molecular complexity index is 1230. The summed E-state index contributed by atoms with van der Waals surface area (Å²) in [5.41, 5.74) is 1.23. The molecule has 180 valence electrons. The first-order valence-corrected chi connectivity index (χ1v) is 12.2. The number of hydrogen-bond donors (Lipinski definition) is 1. The number of ether oxygens (including phenoxy) is 3. The van der Waals surface area contributed by atoms with Crippen LogP contribution >= 0.6 is 0 Å². The van der Waals surface area contributed by atoms with Crippen LogP contribution in [0.5, 0.6) is 11.5 Å². The summed E-state index contributed by atoms with van der Waals surface area (Å²) < 4.78 is 19.1. The molecule has 2 aromatic heterocycles. The van der Waals surface area contributed by atoms with E-state index in [0.29, 0.717) is 48.6 Å². The number of piperidine rings is 1. The molecule has 3 aromatic rings. The number of likely N-dealkylation sites (tertiary alicyclic amines) is 1. The first kappa shape index (κ1) is 21.5. The number of benzene rings is 1. The minimum absolute atomic E-state index is 0.0998. The molecule has 2 saturated heterocycles. The van der Waals surface area contributed by atoms with Crippen LogP contribution in [0.25, 0.3) is 10.9 Å². The molecule has 1 N–H and O–H groups in total. The maximum absolute atomic E-state index is 13.4. The third-order valence-electron chi connectivity index (χ3n) is 7.22. The molecule has 2 fully saturated rings. The Hall–Kier alpha value is -2.98. The molecular formula is C24H30N6O4. The van der Waals surface area contributed by atoms with Gasteiger partial charge in [-0.2, -0.15) is 0 Å². The highest BCUT2D eigenvalue weighted by molar-refractivity contribution is 5.83. The van der Waals surface area contributed by atoms with Gasteiger partial charge in [0, 0.05) is 23.6 Å². The van der Waals surface area contributed by atoms with Crippen LogP contribution in [0.3, 0.4) is 0 Å². The van der Waals surface area contributed by atoms with Gasteiger partial charge in [-0.25, -0.2) is 4.68 Å². The van der Waals surface area contributed by atoms with Crippen molar-refractivity contribution in [2.75, 3.05) is 32.9 Å². The summed E-state index contributed by atoms with van der Waals surface area (Å²) in [5, 5.41) is 13.6. The second kappa shape index (κ2) is 8.99. The fourth-order valence-electron chi connectivity index (χ4n) is 5.27. The third kappa shape index (κ3) is 4.05. The summed E-state index contributed by atoms with van der Waals surface area (Å²) in [7, 11) is 0. The number of aromatic nitrogens is 5. The number of tetrazole rings is 1. The molecule has 0 unspecified atom stereocenters. The number of nitrogens with one attached hydrogen (secondary N) is 1. The largest absolute Gasteiger partial charge is 0.486 e. The molecule has 6 rings (SSSR count). The van der Waals surface area contributed by atoms with E-state index in [1.54, 1.807) is 0 Å². The van der Waals surface area contributed by atoms with Crippen molar-refractivity contribution in [2.45, 2.75) is 51.3 Å². The quantitative estimate of drug-likeness (QED) is 0.610. The van der Waals surface area contributed by atoms with Crippen LogP contribution < -0.4 is 15.0 Å². The van der Waals surface area contributed by atoms with E-state index in [1.807, 2.05) is 22.9 Å². The van der Waals surface area contributed by atoms with Crippen molar-refractivity contribution in [1.82, 2.24) is 30.1 Å². The molecule has 0 amide bonds. The molecule has 0 radical (unpaired) electrons. The third-order valence-corrected chi connectivity index (χ3v) is 7.22. The Morgan fingerprint density at radius 2 is 1.88 bits per heavy atom. The molecule has 0 saturated carbocycles. The Kier molecular flexibility index (Phi) is 5.70. The van der Waals surface area contributed by atoms with Crippen LogP contribution in [0.1, 0.15) is 50.0 Å². The number of pyridine rings is 1. The van der Waals surface area contributed by atoms with E-state index in [9.17, 15) is 4.79 Å². The van der Waals surface area contributed by atoms with Crippen LogP contribution in [-0.4, -0.2) is 69.1 Å². The zero-order valence-electron chi connectivity index (χ0n) is 19.4. The molecule has 0 bridgehead atoms. The normalized spacial score (nSPS) is 22.3. The number of fused-ring (bicyclic) bond motifs is 2. The predicted molar refractivity (Wildman–Crippen MR) is 124 cm³/mol. The summed E-state index contributed by atoms with van der Waals surface area (Å²) in [4.78, 5) is 18.9. The number of H-pyrrole nitrogens is 1. The molecule has 1 aromatic carbocycles. The molecule has 2 atom stereocenters. The predicted octanol–water partition coefficient (Wildman–Crippen LogP) is 2.29. The average molecular weight is 467 g/mol. The fourth-order valence-corrected chi connectivity index (χ4v) is 5.27. The highest BCUT2D eigenvalue weighted by Gasteiger charge is 2.33. The zero-order chi connectivity index (χ0) is 23.1. The molecule has 3 aliphatic heterocycles. The van der Waals surface area contributed by atoms with E-state index in [-0.39, 0.29) is 17.7 Å². The SMILES string of the molecule is CC1CCN([C@H](c2cc3cc4c(cc3[nH]c2=O)OCCO4)c2nnnn2C[C@@H]2CCCO2)CC1. The summed E-state index contributed by atoms with van der Waals surface area (Å²) in [5.74, 6) is 2.71. The smallest absolute Gasteiger partial charge is 0.253 e. The van der Waals surface area contributed by atoms with Crippen molar-refractivity contribution >= 4 is 10.9 Å². The topological polar surface area (TPSA) is 107 Å². The first-order chi connectivity index (χ1) is 16.7. The lowest BCUT2D eigenvalue weighted by atomic mass is 9.95. The Labute approximate surface area is 197 Å². The molecule has 3 aliphatic rings. The molecule has 10 nitrogen and oxygen atoms in total. The van der Waals surface area contributed by atoms with Gasteiger partial charge in [-0.1, -0.05) is 6.92 Å². The van der Waals surface area contributed by atoms with Crippen molar-refractivity contribution in [2.24, 2.45) is 5.92 Å². The van der Waals surface area contributed by atoms with Gasteiger partial charge in [-0.15, -0.1) is 5.10 Å². The summed E-state index contributed by atoms with van der Waals surface area (Å²) in [6.45, 7) is 6.44. The highest BCUT2D eigenvalue weighted by atomic mass is 16.6. The van der Waals surface area contributed by atoms with Gasteiger partial charge >= 0.3 is 0 Å². The zero-order valence-corrected chi connectivity index (χ0v) is 19.4. The maximum Gasteiger partial charge on any atom is 0.253 e. The number of rotatable bonds is 5. The average Bonchev–Trinajstić information content (AvgIpc) is 3.52. The van der Waals surface area contributed by atoms with Gasteiger partial charge in [0.15, 0.2) is 17.3 Å². The minimum Gasteiger partial charge on any atom is -0.486 e. The van der Waals surface area contributed by atoms with Crippen LogP contribution in [0, 0.1) is 5.92 Å². The first-order valence-electron chi connectivity index (χ1n) is 12.2. The summed E-state index contributed by atoms with van der Waals surface area (Å²) in [6, 6.07) is 5.40. The maximum atomic E-state index is 13.4. The van der Waals surface area contributed by atoms with Crippen LogP contribution in [0.4, 0.5) is 0 Å². The molecule has 0 aliphatic carbocycles. The molecular weight excluding hydrogens is 436 g/mol. The van der Waals surface area contributed by atoms with Gasteiger partial charge in [0.25, 0.3) is 5.56 Å². The highest BCUT2D eigenvalue weighted by Crippen LogP contribution is 2.36. The van der Waals surface area contributed by atoms with Crippen molar-refractivity contribution in [3.8, 4) is 11.5 Å². The van der Waals surface area contributed by atoms with E-state index in [1.165, 1.54) is 0 Å². The van der Waals surface area contributed by atoms with Crippen molar-refractivity contribution in [3.63, 3.8) is 0 Å². The van der Waals surface area contributed by atoms with Crippen LogP contribution in [0.2, 0.25) is 0 Å². The van der Waals surface area contributed by atoms with Gasteiger partial charge in [-0.3, -0.25) is 9.69 Å². The number of aromatic amines is 1. The van der Waals surface area contributed by atoms with E-state index in [2.05, 4.69) is 32.3 Å². The van der Waals surface area contributed by atoms with Gasteiger partial charge in [0.05, 0.1) is 18.2 Å². The van der Waals surface area contributed by atoms with Crippen LogP contribution in [-0.2, 0) is 11.3 Å². The fraction of sp³-hybridized carbons (Fsp3) is 0.583. The Morgan fingerprint density at radius 3 is 2.65 bits per heavy atom. The lowest BCUT2D eigenvalue weighted by Gasteiger charge is -2.36. The van der Waals surface area contributed by atoms with Crippen molar-refractivity contribution in [3.05, 3.63) is 39.9 Å². The van der Waals surface area contributed by atoms with E-state index >= 15 is 0 Å². The molecule has 0 spiro atoms. The van der Waals surface area contributed by atoms with Crippen molar-refractivity contribution < 1.29 is 14.2 Å². The second-order valence-corrected chi connectivity index (χ2v) is 9.61. The van der Waals surface area contributed by atoms with Gasteiger partial charge in [0.1, 0.15) is 19.3 Å². The lowest BCUT2D eigenvalue weighted by molar-refractivity contribution is 0.0894. The second-order valence-electron chi connectivity index (χ2n) is 9.61. The Morgan fingerprint density at radius 1 is 1.09 bits per heavy atom. The van der Waals surface area contributed by atoms with Crippen LogP contribution in [0.15, 0.2) is 23.0 Å². The number of nitrogens with zero attached hydrogens (tertiary/aromatic N) is 5. The van der Waals surface area contributed by atoms with Gasteiger partial charge in [0.2, 0.25) is 0 Å². The molecule has 5 heterocycles. The summed E-state index contributed by atoms with van der Waals surface area (Å²) >= 11 is 0.